The first-order valence-corrected chi connectivity index (χ1v) is 16.7. The third-order valence-electron chi connectivity index (χ3n) is 9.25. The molecule has 5 rings (SSSR count). The summed E-state index contributed by atoms with van der Waals surface area (Å²) in [6, 6.07) is 4.38. The van der Waals surface area contributed by atoms with E-state index in [1.54, 1.807) is 11.3 Å². The Bertz CT molecular complexity index is 1300. The van der Waals surface area contributed by atoms with E-state index in [1.165, 1.54) is 53.9 Å². The quantitative estimate of drug-likeness (QED) is 0.362. The van der Waals surface area contributed by atoms with Gasteiger partial charge in [-0.2, -0.15) is 0 Å². The van der Waals surface area contributed by atoms with E-state index in [9.17, 15) is 9.59 Å². The molecule has 3 heteroatoms. The van der Waals surface area contributed by atoms with Gasteiger partial charge in [0, 0.05) is 32.0 Å². The van der Waals surface area contributed by atoms with Gasteiger partial charge in [0.25, 0.3) is 0 Å². The highest BCUT2D eigenvalue weighted by atomic mass is 32.1. The summed E-state index contributed by atoms with van der Waals surface area (Å²) in [4.78, 5) is 29.5. The topological polar surface area (TPSA) is 34.1 Å². The molecule has 41 heavy (non-hydrogen) atoms. The second-order valence-corrected chi connectivity index (χ2v) is 15.8. The number of rotatable bonds is 4. The van der Waals surface area contributed by atoms with Gasteiger partial charge < -0.3 is 0 Å². The summed E-state index contributed by atoms with van der Waals surface area (Å²) >= 11 is 1.77. The molecule has 218 valence electrons. The molecule has 0 N–H and O–H groups in total. The molecule has 2 nitrogen and oxygen atoms in total. The first-order chi connectivity index (χ1) is 19.4. The second-order valence-electron chi connectivity index (χ2n) is 14.7. The molecule has 0 aliphatic heterocycles. The zero-order valence-corrected chi connectivity index (χ0v) is 26.9. The van der Waals surface area contributed by atoms with Crippen LogP contribution in [0.15, 0.2) is 69.9 Å². The normalized spacial score (nSPS) is 21.8. The molecule has 2 saturated carbocycles. The number of ketones is 2. The smallest absolute Gasteiger partial charge is 0.186 e. The molecular weight excluding hydrogens is 520 g/mol. The van der Waals surface area contributed by atoms with E-state index >= 15 is 0 Å². The van der Waals surface area contributed by atoms with Crippen molar-refractivity contribution in [1.29, 1.82) is 0 Å². The van der Waals surface area contributed by atoms with Crippen molar-refractivity contribution >= 4 is 35.1 Å². The van der Waals surface area contributed by atoms with Gasteiger partial charge in [-0.15, -0.1) is 11.3 Å². The van der Waals surface area contributed by atoms with Gasteiger partial charge in [0.2, 0.25) is 0 Å². The zero-order valence-electron chi connectivity index (χ0n) is 26.1. The van der Waals surface area contributed by atoms with Gasteiger partial charge in [-0.25, -0.2) is 0 Å². The molecule has 0 unspecified atom stereocenters. The standard InChI is InChI=1S/C38H48O2S/c1-37(2,3)33-23-26(24-34(36(33)40)38(4,5)6)20-30-18-17-29(41-30)19-25-21-31(27-13-9-7-10-14-27)35(39)32(22-25)28-15-11-8-12-16-28/h17-24,27-28H,7-16H2,1-6H3. The van der Waals surface area contributed by atoms with E-state index < -0.39 is 0 Å². The van der Waals surface area contributed by atoms with Gasteiger partial charge >= 0.3 is 0 Å². The van der Waals surface area contributed by atoms with E-state index in [0.717, 1.165) is 53.5 Å². The van der Waals surface area contributed by atoms with Gasteiger partial charge in [-0.1, -0.05) is 80.1 Å². The Morgan fingerprint density at radius 2 is 0.976 bits per heavy atom. The summed E-state index contributed by atoms with van der Waals surface area (Å²) in [5.74, 6) is 1.34. The molecule has 0 atom stereocenters. The molecule has 0 aromatic carbocycles. The fourth-order valence-electron chi connectivity index (χ4n) is 6.92. The van der Waals surface area contributed by atoms with Crippen LogP contribution in [0.25, 0.3) is 12.2 Å². The van der Waals surface area contributed by atoms with Crippen molar-refractivity contribution < 1.29 is 9.59 Å². The Labute approximate surface area is 252 Å². The minimum absolute atomic E-state index is 0.173. The summed E-state index contributed by atoms with van der Waals surface area (Å²) in [6.07, 6.45) is 25.2. The van der Waals surface area contributed by atoms with Crippen LogP contribution in [-0.2, 0) is 9.59 Å². The van der Waals surface area contributed by atoms with Crippen molar-refractivity contribution in [2.24, 2.45) is 22.7 Å². The summed E-state index contributed by atoms with van der Waals surface area (Å²) in [5.41, 5.74) is 5.74. The Kier molecular flexibility index (Phi) is 8.76. The summed E-state index contributed by atoms with van der Waals surface area (Å²) < 4.78 is 0. The third-order valence-corrected chi connectivity index (χ3v) is 10.2. The Balaban J connectivity index is 1.48. The number of hydrogen-bond acceptors (Lipinski definition) is 3. The lowest BCUT2D eigenvalue weighted by Crippen LogP contribution is -2.27. The van der Waals surface area contributed by atoms with Gasteiger partial charge in [0.05, 0.1) is 0 Å². The summed E-state index contributed by atoms with van der Waals surface area (Å²) in [5, 5.41) is 0. The monoisotopic (exact) mass is 568 g/mol. The lowest BCUT2D eigenvalue weighted by atomic mass is 9.72. The largest absolute Gasteiger partial charge is 0.289 e. The minimum atomic E-state index is -0.213. The molecular formula is C38H48O2S. The predicted molar refractivity (Wildman–Crippen MR) is 175 cm³/mol. The lowest BCUT2D eigenvalue weighted by molar-refractivity contribution is -0.114. The van der Waals surface area contributed by atoms with E-state index in [2.05, 4.69) is 90.1 Å². The molecule has 0 saturated heterocycles. The second kappa shape index (κ2) is 12.0. The van der Waals surface area contributed by atoms with E-state index in [0.29, 0.717) is 17.6 Å². The van der Waals surface area contributed by atoms with Crippen molar-refractivity contribution in [2.75, 3.05) is 0 Å². The maximum absolute atomic E-state index is 13.8. The number of thiophene rings is 1. The fraction of sp³-hybridized carbons (Fsp3) is 0.526. The Morgan fingerprint density at radius 3 is 1.37 bits per heavy atom. The maximum Gasteiger partial charge on any atom is 0.186 e. The fourth-order valence-corrected chi connectivity index (χ4v) is 7.85. The van der Waals surface area contributed by atoms with E-state index in [4.69, 9.17) is 0 Å². The van der Waals surface area contributed by atoms with Crippen LogP contribution >= 0.6 is 11.3 Å². The van der Waals surface area contributed by atoms with Crippen molar-refractivity contribution in [3.8, 4) is 0 Å². The Morgan fingerprint density at radius 1 is 0.585 bits per heavy atom. The molecule has 1 aromatic heterocycles. The molecule has 4 aliphatic carbocycles. The molecule has 1 heterocycles. The first-order valence-electron chi connectivity index (χ1n) is 15.9. The number of allylic oxidation sites excluding steroid dienone is 10. The van der Waals surface area contributed by atoms with Crippen LogP contribution in [0.2, 0.25) is 0 Å². The van der Waals surface area contributed by atoms with Crippen molar-refractivity contribution in [2.45, 2.75) is 106 Å². The van der Waals surface area contributed by atoms with Gasteiger partial charge in [0.1, 0.15) is 0 Å². The molecule has 0 radical (unpaired) electrons. The van der Waals surface area contributed by atoms with Crippen LogP contribution in [0, 0.1) is 22.7 Å². The molecule has 0 bridgehead atoms. The average molecular weight is 569 g/mol. The van der Waals surface area contributed by atoms with Gasteiger partial charge in [-0.05, 0) is 108 Å². The maximum atomic E-state index is 13.8. The SMILES string of the molecule is CC(C)(C)C1=CC(=Cc2ccc(C=C3C=C(C4CCCCC4)C(=O)C(C4CCCCC4)=C3)s2)C=C(C(C)(C)C)C1=O. The van der Waals surface area contributed by atoms with Crippen LogP contribution in [0.3, 0.4) is 0 Å². The minimum Gasteiger partial charge on any atom is -0.289 e. The highest BCUT2D eigenvalue weighted by molar-refractivity contribution is 7.13. The molecule has 4 aliphatic rings. The highest BCUT2D eigenvalue weighted by Crippen LogP contribution is 2.41. The third kappa shape index (κ3) is 6.94. The molecule has 0 spiro atoms. The molecule has 2 fully saturated rings. The average Bonchev–Trinajstić information content (AvgIpc) is 3.36. The van der Waals surface area contributed by atoms with E-state index in [1.807, 2.05) is 0 Å². The Hall–Kier alpha value is -2.52. The van der Waals surface area contributed by atoms with Crippen LogP contribution in [0.1, 0.15) is 116 Å². The zero-order chi connectivity index (χ0) is 29.4. The van der Waals surface area contributed by atoms with Crippen molar-refractivity contribution in [3.63, 3.8) is 0 Å². The molecule has 1 aromatic rings. The lowest BCUT2D eigenvalue weighted by Gasteiger charge is -2.31. The summed E-state index contributed by atoms with van der Waals surface area (Å²) in [6.45, 7) is 12.7. The highest BCUT2D eigenvalue weighted by Gasteiger charge is 2.34. The van der Waals surface area contributed by atoms with Crippen LogP contribution in [0.5, 0.6) is 0 Å². The van der Waals surface area contributed by atoms with Crippen molar-refractivity contribution in [3.05, 3.63) is 79.6 Å². The van der Waals surface area contributed by atoms with Gasteiger partial charge in [0.15, 0.2) is 11.6 Å². The van der Waals surface area contributed by atoms with Crippen LogP contribution in [0.4, 0.5) is 0 Å². The van der Waals surface area contributed by atoms with Gasteiger partial charge in [-0.3, -0.25) is 9.59 Å². The first kappa shape index (κ1) is 30.0. The van der Waals surface area contributed by atoms with Crippen LogP contribution < -0.4 is 0 Å². The van der Waals surface area contributed by atoms with E-state index in [-0.39, 0.29) is 16.6 Å². The number of Topliss-reactive ketones (excluding diaryl/α,β-unsaturated/α-hetero) is 2. The molecule has 0 amide bonds. The number of carbonyl (C=O) groups excluding carboxylic acids is 2. The number of carbonyl (C=O) groups is 2. The summed E-state index contributed by atoms with van der Waals surface area (Å²) in [7, 11) is 0. The van der Waals surface area contributed by atoms with Crippen LogP contribution in [-0.4, -0.2) is 11.6 Å². The van der Waals surface area contributed by atoms with Crippen molar-refractivity contribution in [1.82, 2.24) is 0 Å². The predicted octanol–water partition coefficient (Wildman–Crippen LogP) is 10.6. The number of hydrogen-bond donors (Lipinski definition) is 0.